The second-order valence-electron chi connectivity index (χ2n) is 9.86. The van der Waals surface area contributed by atoms with E-state index in [4.69, 9.17) is 25.1 Å². The second kappa shape index (κ2) is 11.0. The number of aliphatic hydroxyl groups is 2. The number of aliphatic hydroxyl groups excluding tert-OH is 1. The van der Waals surface area contributed by atoms with Crippen LogP contribution in [-0.2, 0) is 15.8 Å². The fourth-order valence-corrected chi connectivity index (χ4v) is 4.41. The standard InChI is InChI=1S/C29H31FN2O7/c1-28(27(31)35)16-39-26-20(28)15-24(32-25(26)17-4-7-19(30)8-5-17)29(2,36)11-10-21(34)18-6-9-22(38-13-12-33)23(14-18)37-3/h4-9,14-15,33,36H,10-13,16H2,1-3H3,(H2,31,35)/t28-,29-/m0/s1. The van der Waals surface area contributed by atoms with Gasteiger partial charge in [-0.15, -0.1) is 0 Å². The first-order valence-corrected chi connectivity index (χ1v) is 12.4. The van der Waals surface area contributed by atoms with Crippen LogP contribution < -0.4 is 19.9 Å². The number of aromatic nitrogens is 1. The minimum absolute atomic E-state index is 0.00251. The lowest BCUT2D eigenvalue weighted by Gasteiger charge is -2.26. The lowest BCUT2D eigenvalue weighted by molar-refractivity contribution is -0.123. The summed E-state index contributed by atoms with van der Waals surface area (Å²) in [5, 5.41) is 20.5. The van der Waals surface area contributed by atoms with Crippen molar-refractivity contribution in [1.82, 2.24) is 4.98 Å². The number of carbonyl (C=O) groups is 2. The molecule has 0 fully saturated rings. The second-order valence-corrected chi connectivity index (χ2v) is 9.86. The number of ketones is 1. The Morgan fingerprint density at radius 1 is 1.18 bits per heavy atom. The maximum absolute atomic E-state index is 13.6. The van der Waals surface area contributed by atoms with Crippen molar-refractivity contribution in [2.45, 2.75) is 37.7 Å². The Kier molecular flexibility index (Phi) is 7.89. The molecule has 4 N–H and O–H groups in total. The van der Waals surface area contributed by atoms with Crippen LogP contribution in [0, 0.1) is 5.82 Å². The molecule has 39 heavy (non-hydrogen) atoms. The van der Waals surface area contributed by atoms with Gasteiger partial charge in [-0.05, 0) is 68.8 Å². The van der Waals surface area contributed by atoms with Gasteiger partial charge in [0.25, 0.3) is 0 Å². The fourth-order valence-electron chi connectivity index (χ4n) is 4.41. The lowest BCUT2D eigenvalue weighted by atomic mass is 9.81. The van der Waals surface area contributed by atoms with E-state index in [2.05, 4.69) is 4.98 Å². The maximum Gasteiger partial charge on any atom is 0.231 e. The summed E-state index contributed by atoms with van der Waals surface area (Å²) >= 11 is 0. The fraction of sp³-hybridized carbons (Fsp3) is 0.345. The van der Waals surface area contributed by atoms with E-state index in [1.807, 2.05) is 0 Å². The Morgan fingerprint density at radius 2 is 1.90 bits per heavy atom. The van der Waals surface area contributed by atoms with Gasteiger partial charge in [-0.25, -0.2) is 9.37 Å². The van der Waals surface area contributed by atoms with Crippen LogP contribution in [-0.4, -0.2) is 53.8 Å². The molecule has 2 aromatic carbocycles. The topological polar surface area (TPSA) is 141 Å². The molecule has 0 bridgehead atoms. The van der Waals surface area contributed by atoms with Crippen LogP contribution in [0.2, 0.25) is 0 Å². The number of nitrogens with zero attached hydrogens (tertiary/aromatic N) is 1. The average molecular weight is 539 g/mol. The number of hydrogen-bond acceptors (Lipinski definition) is 8. The molecule has 0 saturated carbocycles. The van der Waals surface area contributed by atoms with E-state index in [0.717, 1.165) is 0 Å². The molecule has 206 valence electrons. The van der Waals surface area contributed by atoms with Gasteiger partial charge >= 0.3 is 0 Å². The summed E-state index contributed by atoms with van der Waals surface area (Å²) in [5.41, 5.74) is 4.89. The molecule has 2 heterocycles. The first kappa shape index (κ1) is 28.0. The number of pyridine rings is 1. The number of primary amides is 1. The van der Waals surface area contributed by atoms with Gasteiger partial charge in [-0.2, -0.15) is 0 Å². The van der Waals surface area contributed by atoms with Crippen molar-refractivity contribution in [2.24, 2.45) is 5.73 Å². The summed E-state index contributed by atoms with van der Waals surface area (Å²) in [6.07, 6.45) is -0.0130. The average Bonchev–Trinajstić information content (AvgIpc) is 3.28. The van der Waals surface area contributed by atoms with E-state index in [9.17, 15) is 19.1 Å². The number of halogens is 1. The van der Waals surface area contributed by atoms with Crippen molar-refractivity contribution < 1.29 is 38.4 Å². The molecule has 0 saturated heterocycles. The number of nitrogens with two attached hydrogens (primary N) is 1. The maximum atomic E-state index is 13.6. The van der Waals surface area contributed by atoms with Crippen molar-refractivity contribution in [3.63, 3.8) is 0 Å². The summed E-state index contributed by atoms with van der Waals surface area (Å²) < 4.78 is 30.2. The zero-order chi connectivity index (χ0) is 28.4. The molecule has 1 aliphatic rings. The monoisotopic (exact) mass is 538 g/mol. The van der Waals surface area contributed by atoms with E-state index in [-0.39, 0.29) is 44.1 Å². The largest absolute Gasteiger partial charge is 0.493 e. The van der Waals surface area contributed by atoms with E-state index >= 15 is 0 Å². The molecule has 0 unspecified atom stereocenters. The third-order valence-electron chi connectivity index (χ3n) is 6.96. The van der Waals surface area contributed by atoms with Crippen LogP contribution in [0.4, 0.5) is 4.39 Å². The Hall–Kier alpha value is -4.02. The quantitative estimate of drug-likeness (QED) is 0.316. The van der Waals surface area contributed by atoms with Crippen molar-refractivity contribution in [2.75, 3.05) is 26.9 Å². The van der Waals surface area contributed by atoms with Gasteiger partial charge in [0.1, 0.15) is 41.5 Å². The Morgan fingerprint density at radius 3 is 2.54 bits per heavy atom. The van der Waals surface area contributed by atoms with E-state index < -0.39 is 22.7 Å². The van der Waals surface area contributed by atoms with E-state index in [1.54, 1.807) is 31.2 Å². The number of ether oxygens (including phenoxy) is 3. The number of fused-ring (bicyclic) bond motifs is 1. The third-order valence-corrected chi connectivity index (χ3v) is 6.96. The highest BCUT2D eigenvalue weighted by molar-refractivity contribution is 5.96. The number of Topliss-reactive ketones (excluding diaryl/α,β-unsaturated/α-hetero) is 1. The molecular formula is C29H31FN2O7. The van der Waals surface area contributed by atoms with Gasteiger partial charge in [-0.1, -0.05) is 0 Å². The highest BCUT2D eigenvalue weighted by Gasteiger charge is 2.45. The Balaban J connectivity index is 1.64. The van der Waals surface area contributed by atoms with Crippen molar-refractivity contribution in [3.8, 4) is 28.5 Å². The first-order valence-electron chi connectivity index (χ1n) is 12.4. The number of amides is 1. The SMILES string of the molecule is COc1cc(C(=O)CC[C@](C)(O)c2cc3c(c(-c4ccc(F)cc4)n2)OC[C@]3(C)C(N)=O)ccc1OCCO. The van der Waals surface area contributed by atoms with E-state index in [0.29, 0.717) is 39.6 Å². The molecule has 1 aromatic heterocycles. The van der Waals surface area contributed by atoms with Crippen molar-refractivity contribution in [3.05, 3.63) is 71.2 Å². The van der Waals surface area contributed by atoms with Gasteiger partial charge < -0.3 is 30.2 Å². The minimum atomic E-state index is -1.57. The molecule has 4 rings (SSSR count). The smallest absolute Gasteiger partial charge is 0.231 e. The summed E-state index contributed by atoms with van der Waals surface area (Å²) in [4.78, 5) is 30.1. The molecule has 0 aliphatic carbocycles. The third kappa shape index (κ3) is 5.57. The molecule has 9 nitrogen and oxygen atoms in total. The van der Waals surface area contributed by atoms with E-state index in [1.165, 1.54) is 38.3 Å². The van der Waals surface area contributed by atoms with Gasteiger partial charge in [0.2, 0.25) is 5.91 Å². The molecule has 10 heteroatoms. The molecule has 3 aromatic rings. The number of hydrogen-bond donors (Lipinski definition) is 3. The predicted molar refractivity (Wildman–Crippen MR) is 140 cm³/mol. The van der Waals surface area contributed by atoms with Crippen LogP contribution in [0.25, 0.3) is 11.3 Å². The first-order chi connectivity index (χ1) is 18.5. The Labute approximate surface area is 225 Å². The molecular weight excluding hydrogens is 507 g/mol. The highest BCUT2D eigenvalue weighted by atomic mass is 19.1. The van der Waals surface area contributed by atoms with Crippen LogP contribution in [0.3, 0.4) is 0 Å². The van der Waals surface area contributed by atoms with Gasteiger partial charge in [0, 0.05) is 23.1 Å². The normalized spacial score (nSPS) is 17.6. The molecule has 1 aliphatic heterocycles. The Bertz CT molecular complexity index is 1390. The van der Waals surface area contributed by atoms with Gasteiger partial charge in [0.15, 0.2) is 17.3 Å². The van der Waals surface area contributed by atoms with Crippen LogP contribution >= 0.6 is 0 Å². The van der Waals surface area contributed by atoms with Crippen molar-refractivity contribution in [1.29, 1.82) is 0 Å². The predicted octanol–water partition coefficient (Wildman–Crippen LogP) is 3.27. The number of rotatable bonds is 11. The van der Waals surface area contributed by atoms with Crippen LogP contribution in [0.1, 0.15) is 48.3 Å². The zero-order valence-corrected chi connectivity index (χ0v) is 22.0. The molecule has 1 amide bonds. The highest BCUT2D eigenvalue weighted by Crippen LogP contribution is 2.46. The van der Waals surface area contributed by atoms with Crippen molar-refractivity contribution >= 4 is 11.7 Å². The summed E-state index contributed by atoms with van der Waals surface area (Å²) in [7, 11) is 1.45. The number of benzene rings is 2. The minimum Gasteiger partial charge on any atom is -0.493 e. The molecule has 0 spiro atoms. The number of carbonyl (C=O) groups excluding carboxylic acids is 2. The summed E-state index contributed by atoms with van der Waals surface area (Å²) in [6.45, 7) is 3.10. The molecule has 2 atom stereocenters. The number of methoxy groups -OCH3 is 1. The summed E-state index contributed by atoms with van der Waals surface area (Å²) in [6, 6.07) is 11.9. The van der Waals surface area contributed by atoms with Gasteiger partial charge in [-0.3, -0.25) is 9.59 Å². The van der Waals surface area contributed by atoms with Crippen LogP contribution in [0.5, 0.6) is 17.2 Å². The molecule has 0 radical (unpaired) electrons. The van der Waals surface area contributed by atoms with Gasteiger partial charge in [0.05, 0.1) is 19.4 Å². The van der Waals surface area contributed by atoms with Crippen LogP contribution in [0.15, 0.2) is 48.5 Å². The zero-order valence-electron chi connectivity index (χ0n) is 22.0. The summed E-state index contributed by atoms with van der Waals surface area (Å²) in [5.74, 6) is -0.189. The lowest BCUT2D eigenvalue weighted by Crippen LogP contribution is -2.40.